The average Bonchev–Trinajstić information content (AvgIpc) is 3.07. The zero-order valence-electron chi connectivity index (χ0n) is 17.6. The molecule has 0 aromatic rings. The number of aliphatic hydroxyl groups is 7. The molecule has 2 aliphatic rings. The highest BCUT2D eigenvalue weighted by Crippen LogP contribution is 2.27. The Kier molecular flexibility index (Phi) is 10.5. The molecule has 180 valence electrons. The Morgan fingerprint density at radius 1 is 1.09 bits per heavy atom. The maximum Gasteiger partial charge on any atom is 0.186 e. The molecular weight excluding hydrogens is 428 g/mol. The normalized spacial score (nSPS) is 38.1. The molecule has 11 nitrogen and oxygen atoms in total. The van der Waals surface area contributed by atoms with Gasteiger partial charge in [0.05, 0.1) is 26.4 Å². The van der Waals surface area contributed by atoms with Crippen LogP contribution in [0.1, 0.15) is 13.3 Å². The SMILES string of the molecule is CC=CC#CC#CC(O)CCOC1OC(COC2OCC(O)(CO)C2O)C(O)C(O)C1O. The molecule has 0 radical (unpaired) electrons. The molecule has 0 aliphatic carbocycles. The molecule has 2 rings (SSSR count). The first-order valence-electron chi connectivity index (χ1n) is 10.1. The second kappa shape index (κ2) is 12.6. The first-order chi connectivity index (χ1) is 15.2. The van der Waals surface area contributed by atoms with Crippen molar-refractivity contribution >= 4 is 0 Å². The number of rotatable bonds is 8. The first-order valence-corrected chi connectivity index (χ1v) is 10.1. The van der Waals surface area contributed by atoms with E-state index in [9.17, 15) is 30.6 Å². The minimum absolute atomic E-state index is 0.0759. The van der Waals surface area contributed by atoms with Crippen LogP contribution in [0.5, 0.6) is 0 Å². The van der Waals surface area contributed by atoms with Gasteiger partial charge in [0.1, 0.15) is 42.2 Å². The summed E-state index contributed by atoms with van der Waals surface area (Å²) in [4.78, 5) is 0. The fourth-order valence-electron chi connectivity index (χ4n) is 2.96. The summed E-state index contributed by atoms with van der Waals surface area (Å²) in [5.74, 6) is 10.2. The monoisotopic (exact) mass is 458 g/mol. The Bertz CT molecular complexity index is 735. The van der Waals surface area contributed by atoms with Crippen LogP contribution < -0.4 is 0 Å². The summed E-state index contributed by atoms with van der Waals surface area (Å²) in [7, 11) is 0. The van der Waals surface area contributed by atoms with E-state index in [2.05, 4.69) is 23.7 Å². The van der Waals surface area contributed by atoms with E-state index in [0.717, 1.165) is 0 Å². The summed E-state index contributed by atoms with van der Waals surface area (Å²) in [6.07, 6.45) is -7.65. The number of hydrogen-bond donors (Lipinski definition) is 7. The summed E-state index contributed by atoms with van der Waals surface area (Å²) >= 11 is 0. The Morgan fingerprint density at radius 2 is 1.84 bits per heavy atom. The number of allylic oxidation sites excluding steroid dienone is 2. The van der Waals surface area contributed by atoms with Crippen LogP contribution in [0.15, 0.2) is 12.2 Å². The number of hydrogen-bond acceptors (Lipinski definition) is 11. The van der Waals surface area contributed by atoms with Crippen molar-refractivity contribution in [2.24, 2.45) is 0 Å². The Hall–Kier alpha value is -1.58. The lowest BCUT2D eigenvalue weighted by atomic mass is 9.99. The molecule has 9 atom stereocenters. The van der Waals surface area contributed by atoms with Gasteiger partial charge in [-0.05, 0) is 24.8 Å². The van der Waals surface area contributed by atoms with Gasteiger partial charge < -0.3 is 54.7 Å². The maximum atomic E-state index is 10.1. The molecule has 0 aromatic heterocycles. The minimum Gasteiger partial charge on any atom is -0.393 e. The fraction of sp³-hybridized carbons (Fsp3) is 0.714. The van der Waals surface area contributed by atoms with E-state index in [1.54, 1.807) is 12.2 Å². The fourth-order valence-corrected chi connectivity index (χ4v) is 2.96. The van der Waals surface area contributed by atoms with Crippen molar-refractivity contribution in [3.63, 3.8) is 0 Å². The highest BCUT2D eigenvalue weighted by Gasteiger charge is 2.50. The second-order valence-electron chi connectivity index (χ2n) is 7.45. The van der Waals surface area contributed by atoms with Gasteiger partial charge in [-0.3, -0.25) is 0 Å². The zero-order valence-corrected chi connectivity index (χ0v) is 17.6. The third-order valence-corrected chi connectivity index (χ3v) is 4.97. The van der Waals surface area contributed by atoms with Crippen LogP contribution in [0.2, 0.25) is 0 Å². The van der Waals surface area contributed by atoms with Gasteiger partial charge in [0, 0.05) is 6.42 Å². The molecular formula is C21H30O11. The molecule has 0 bridgehead atoms. The Morgan fingerprint density at radius 3 is 2.50 bits per heavy atom. The van der Waals surface area contributed by atoms with E-state index in [1.165, 1.54) is 0 Å². The summed E-state index contributed by atoms with van der Waals surface area (Å²) in [6.45, 7) is 0.251. The highest BCUT2D eigenvalue weighted by molar-refractivity contribution is 5.31. The summed E-state index contributed by atoms with van der Waals surface area (Å²) in [6, 6.07) is 0. The Labute approximate surface area is 185 Å². The van der Waals surface area contributed by atoms with Crippen LogP contribution in [-0.2, 0) is 18.9 Å². The predicted molar refractivity (Wildman–Crippen MR) is 107 cm³/mol. The van der Waals surface area contributed by atoms with Gasteiger partial charge in [0.25, 0.3) is 0 Å². The molecule has 0 saturated carbocycles. The van der Waals surface area contributed by atoms with Crippen LogP contribution in [-0.4, -0.2) is 117 Å². The standard InChI is InChI=1S/C21H30O11/c1-2-3-4-5-6-7-13(23)8-9-29-19-17(26)16(25)15(24)14(32-19)10-30-20-18(27)21(28,11-22)12-31-20/h2-3,13-20,22-28H,8-12H2,1H3. The molecule has 2 saturated heterocycles. The highest BCUT2D eigenvalue weighted by atomic mass is 16.7. The Balaban J connectivity index is 1.84. The minimum atomic E-state index is -1.87. The van der Waals surface area contributed by atoms with Crippen molar-refractivity contribution in [3.8, 4) is 23.7 Å². The van der Waals surface area contributed by atoms with E-state index < -0.39 is 61.4 Å². The molecule has 2 aliphatic heterocycles. The van der Waals surface area contributed by atoms with Gasteiger partial charge in [0.2, 0.25) is 0 Å². The van der Waals surface area contributed by atoms with Crippen LogP contribution >= 0.6 is 0 Å². The van der Waals surface area contributed by atoms with Crippen LogP contribution in [0, 0.1) is 23.7 Å². The van der Waals surface area contributed by atoms with Gasteiger partial charge in [-0.1, -0.05) is 17.9 Å². The molecule has 0 aromatic carbocycles. The maximum absolute atomic E-state index is 10.1. The van der Waals surface area contributed by atoms with Gasteiger partial charge in [-0.2, -0.15) is 0 Å². The van der Waals surface area contributed by atoms with Crippen LogP contribution in [0.4, 0.5) is 0 Å². The van der Waals surface area contributed by atoms with Crippen molar-refractivity contribution in [2.75, 3.05) is 26.4 Å². The van der Waals surface area contributed by atoms with Crippen LogP contribution in [0.3, 0.4) is 0 Å². The van der Waals surface area contributed by atoms with E-state index in [4.69, 9.17) is 24.1 Å². The molecule has 2 heterocycles. The van der Waals surface area contributed by atoms with E-state index in [0.29, 0.717) is 0 Å². The van der Waals surface area contributed by atoms with Crippen molar-refractivity contribution in [2.45, 2.75) is 68.1 Å². The summed E-state index contributed by atoms with van der Waals surface area (Å²) < 4.78 is 21.3. The number of aliphatic hydroxyl groups excluding tert-OH is 6. The van der Waals surface area contributed by atoms with Crippen molar-refractivity contribution < 1.29 is 54.7 Å². The van der Waals surface area contributed by atoms with Crippen molar-refractivity contribution in [1.29, 1.82) is 0 Å². The van der Waals surface area contributed by atoms with Crippen molar-refractivity contribution in [1.82, 2.24) is 0 Å². The largest absolute Gasteiger partial charge is 0.393 e. The number of ether oxygens (including phenoxy) is 4. The third-order valence-electron chi connectivity index (χ3n) is 4.97. The van der Waals surface area contributed by atoms with Gasteiger partial charge >= 0.3 is 0 Å². The molecule has 32 heavy (non-hydrogen) atoms. The molecule has 0 amide bonds. The summed E-state index contributed by atoms with van der Waals surface area (Å²) in [5.41, 5.74) is -1.87. The second-order valence-corrected chi connectivity index (χ2v) is 7.45. The van der Waals surface area contributed by atoms with E-state index >= 15 is 0 Å². The van der Waals surface area contributed by atoms with E-state index in [1.807, 2.05) is 6.92 Å². The lowest BCUT2D eigenvalue weighted by molar-refractivity contribution is -0.310. The van der Waals surface area contributed by atoms with Gasteiger partial charge in [-0.15, -0.1) is 0 Å². The molecule has 2 fully saturated rings. The molecule has 9 unspecified atom stereocenters. The van der Waals surface area contributed by atoms with Crippen molar-refractivity contribution in [3.05, 3.63) is 12.2 Å². The molecule has 7 N–H and O–H groups in total. The van der Waals surface area contributed by atoms with Gasteiger partial charge in [-0.25, -0.2) is 0 Å². The molecule has 0 spiro atoms. The predicted octanol–water partition coefficient (Wildman–Crippen LogP) is -3.40. The van der Waals surface area contributed by atoms with Crippen LogP contribution in [0.25, 0.3) is 0 Å². The zero-order chi connectivity index (χ0) is 23.7. The first kappa shape index (κ1) is 26.7. The lowest BCUT2D eigenvalue weighted by Gasteiger charge is -2.40. The quantitative estimate of drug-likeness (QED) is 0.180. The van der Waals surface area contributed by atoms with Gasteiger partial charge in [0.15, 0.2) is 12.6 Å². The van der Waals surface area contributed by atoms with E-state index in [-0.39, 0.29) is 26.2 Å². The average molecular weight is 458 g/mol. The summed E-state index contributed by atoms with van der Waals surface area (Å²) in [5, 5.41) is 69.3. The third kappa shape index (κ3) is 6.96. The smallest absolute Gasteiger partial charge is 0.186 e. The topological polar surface area (TPSA) is 179 Å². The molecule has 11 heteroatoms. The lowest BCUT2D eigenvalue weighted by Crippen LogP contribution is -2.59.